The van der Waals surface area contributed by atoms with Gasteiger partial charge < -0.3 is 9.80 Å². The summed E-state index contributed by atoms with van der Waals surface area (Å²) in [5.74, 6) is 1.43. The van der Waals surface area contributed by atoms with Crippen LogP contribution < -0.4 is 4.90 Å². The number of aryl methyl sites for hydroxylation is 3. The molecule has 1 unspecified atom stereocenters. The van der Waals surface area contributed by atoms with Gasteiger partial charge in [-0.3, -0.25) is 4.79 Å². The fraction of sp³-hybridized carbons (Fsp3) is 0.458. The Bertz CT molecular complexity index is 1100. The summed E-state index contributed by atoms with van der Waals surface area (Å²) in [7, 11) is 1.99. The van der Waals surface area contributed by atoms with Crippen molar-refractivity contribution in [3.05, 3.63) is 52.2 Å². The number of carbonyl (C=O) groups is 1. The van der Waals surface area contributed by atoms with E-state index in [2.05, 4.69) is 53.0 Å². The highest BCUT2D eigenvalue weighted by Gasteiger charge is 2.34. The van der Waals surface area contributed by atoms with E-state index in [4.69, 9.17) is 0 Å². The van der Waals surface area contributed by atoms with Crippen LogP contribution in [-0.2, 0) is 11.2 Å². The lowest BCUT2D eigenvalue weighted by molar-refractivity contribution is -0.137. The maximum atomic E-state index is 13.3. The van der Waals surface area contributed by atoms with E-state index in [9.17, 15) is 4.79 Å². The first-order chi connectivity index (χ1) is 14.5. The molecule has 1 atom stereocenters. The predicted octanol–water partition coefficient (Wildman–Crippen LogP) is 4.67. The normalized spacial score (nSPS) is 19.3. The van der Waals surface area contributed by atoms with E-state index >= 15 is 0 Å². The quantitative estimate of drug-likeness (QED) is 0.618. The third kappa shape index (κ3) is 3.18. The molecule has 1 amide bonds. The molecule has 5 rings (SSSR count). The monoisotopic (exact) mass is 420 g/mol. The van der Waals surface area contributed by atoms with E-state index in [0.717, 1.165) is 49.4 Å². The Kier molecular flexibility index (Phi) is 4.97. The van der Waals surface area contributed by atoms with Crippen molar-refractivity contribution in [2.24, 2.45) is 5.92 Å². The third-order valence-corrected chi connectivity index (χ3v) is 8.12. The topological polar surface area (TPSA) is 49.3 Å². The molecule has 1 aromatic carbocycles. The van der Waals surface area contributed by atoms with Crippen LogP contribution in [0.25, 0.3) is 10.2 Å². The summed E-state index contributed by atoms with van der Waals surface area (Å²) < 4.78 is 0. The van der Waals surface area contributed by atoms with Crippen molar-refractivity contribution in [1.29, 1.82) is 0 Å². The second-order valence-corrected chi connectivity index (χ2v) is 9.83. The van der Waals surface area contributed by atoms with Crippen LogP contribution >= 0.6 is 11.3 Å². The number of benzene rings is 1. The number of aromatic nitrogens is 2. The van der Waals surface area contributed by atoms with Gasteiger partial charge in [0.1, 0.15) is 17.0 Å². The van der Waals surface area contributed by atoms with Crippen molar-refractivity contribution >= 4 is 33.3 Å². The summed E-state index contributed by atoms with van der Waals surface area (Å²) in [6, 6.07) is 8.79. The number of hydrogen-bond acceptors (Lipinski definition) is 5. The largest absolute Gasteiger partial charge is 0.356 e. The third-order valence-electron chi connectivity index (χ3n) is 7.01. The first-order valence-corrected chi connectivity index (χ1v) is 11.7. The van der Waals surface area contributed by atoms with Crippen LogP contribution in [0.5, 0.6) is 0 Å². The number of nitrogens with zero attached hydrogens (tertiary/aromatic N) is 4. The van der Waals surface area contributed by atoms with Crippen LogP contribution in [0, 0.1) is 19.8 Å². The van der Waals surface area contributed by atoms with E-state index in [1.807, 2.05) is 11.9 Å². The number of anilines is 1. The SMILES string of the molecule is Cc1sc2ncnc(N3CCC(C(=O)N(C)C4CCc5ccccc54)CC3)c2c1C. The average Bonchev–Trinajstić information content (AvgIpc) is 3.34. The summed E-state index contributed by atoms with van der Waals surface area (Å²) in [6.07, 6.45) is 5.54. The molecule has 6 heteroatoms. The minimum absolute atomic E-state index is 0.0987. The van der Waals surface area contributed by atoms with E-state index in [1.54, 1.807) is 17.7 Å². The molecule has 2 aromatic heterocycles. The molecule has 156 valence electrons. The first kappa shape index (κ1) is 19.5. The molecule has 1 saturated heterocycles. The lowest BCUT2D eigenvalue weighted by atomic mass is 9.94. The molecule has 0 radical (unpaired) electrons. The lowest BCUT2D eigenvalue weighted by Crippen LogP contribution is -2.42. The molecule has 0 saturated carbocycles. The molecule has 0 spiro atoms. The predicted molar refractivity (Wildman–Crippen MR) is 122 cm³/mol. The molecule has 1 aliphatic heterocycles. The van der Waals surface area contributed by atoms with Crippen LogP contribution in [-0.4, -0.2) is 40.9 Å². The van der Waals surface area contributed by atoms with Gasteiger partial charge in [0, 0.05) is 30.9 Å². The number of fused-ring (bicyclic) bond motifs is 2. The Hall–Kier alpha value is -2.47. The van der Waals surface area contributed by atoms with Crippen LogP contribution in [0.2, 0.25) is 0 Å². The second kappa shape index (κ2) is 7.65. The smallest absolute Gasteiger partial charge is 0.226 e. The maximum absolute atomic E-state index is 13.3. The Morgan fingerprint density at radius 1 is 1.13 bits per heavy atom. The Morgan fingerprint density at radius 2 is 1.90 bits per heavy atom. The van der Waals surface area contributed by atoms with Gasteiger partial charge in [-0.15, -0.1) is 11.3 Å². The molecule has 5 nitrogen and oxygen atoms in total. The van der Waals surface area contributed by atoms with Crippen molar-refractivity contribution in [3.8, 4) is 0 Å². The van der Waals surface area contributed by atoms with E-state index in [0.29, 0.717) is 5.91 Å². The Morgan fingerprint density at radius 3 is 2.70 bits per heavy atom. The minimum Gasteiger partial charge on any atom is -0.356 e. The van der Waals surface area contributed by atoms with Gasteiger partial charge in [0.2, 0.25) is 5.91 Å². The summed E-state index contributed by atoms with van der Waals surface area (Å²) in [5.41, 5.74) is 4.01. The van der Waals surface area contributed by atoms with Gasteiger partial charge in [-0.05, 0) is 56.2 Å². The summed E-state index contributed by atoms with van der Waals surface area (Å²) >= 11 is 1.74. The van der Waals surface area contributed by atoms with Crippen molar-refractivity contribution in [3.63, 3.8) is 0 Å². The highest BCUT2D eigenvalue weighted by atomic mass is 32.1. The standard InChI is InChI=1S/C24H28N4OS/c1-15-16(2)30-23-21(15)22(25-14-26-23)28-12-10-18(11-13-28)24(29)27(3)20-9-8-17-6-4-5-7-19(17)20/h4-7,14,18,20H,8-13H2,1-3H3. The second-order valence-electron chi connectivity index (χ2n) is 8.62. The van der Waals surface area contributed by atoms with Crippen molar-refractivity contribution < 1.29 is 4.79 Å². The fourth-order valence-electron chi connectivity index (χ4n) is 5.12. The molecule has 1 fully saturated rings. The van der Waals surface area contributed by atoms with Gasteiger partial charge in [-0.2, -0.15) is 0 Å². The zero-order chi connectivity index (χ0) is 20.8. The van der Waals surface area contributed by atoms with Crippen LogP contribution in [0.1, 0.15) is 46.9 Å². The van der Waals surface area contributed by atoms with Gasteiger partial charge in [-0.1, -0.05) is 24.3 Å². The minimum atomic E-state index is 0.0987. The number of piperidine rings is 1. The number of hydrogen-bond donors (Lipinski definition) is 0. The number of rotatable bonds is 3. The van der Waals surface area contributed by atoms with Crippen molar-refractivity contribution in [1.82, 2.24) is 14.9 Å². The molecule has 1 aliphatic carbocycles. The number of carbonyl (C=O) groups excluding carboxylic acids is 1. The Labute approximate surface area is 181 Å². The maximum Gasteiger partial charge on any atom is 0.226 e. The number of amides is 1. The Balaban J connectivity index is 1.29. The van der Waals surface area contributed by atoms with Crippen LogP contribution in [0.15, 0.2) is 30.6 Å². The molecular formula is C24H28N4OS. The molecule has 0 bridgehead atoms. The zero-order valence-corrected chi connectivity index (χ0v) is 18.7. The van der Waals surface area contributed by atoms with Gasteiger partial charge in [0.15, 0.2) is 0 Å². The highest BCUT2D eigenvalue weighted by Crippen LogP contribution is 2.38. The average molecular weight is 421 g/mol. The molecule has 30 heavy (non-hydrogen) atoms. The zero-order valence-electron chi connectivity index (χ0n) is 17.9. The van der Waals surface area contributed by atoms with Crippen molar-refractivity contribution in [2.75, 3.05) is 25.0 Å². The van der Waals surface area contributed by atoms with Gasteiger partial charge in [0.25, 0.3) is 0 Å². The summed E-state index contributed by atoms with van der Waals surface area (Å²) in [5, 5.41) is 1.18. The lowest BCUT2D eigenvalue weighted by Gasteiger charge is -2.36. The van der Waals surface area contributed by atoms with E-state index in [-0.39, 0.29) is 12.0 Å². The first-order valence-electron chi connectivity index (χ1n) is 10.8. The molecular weight excluding hydrogens is 392 g/mol. The van der Waals surface area contributed by atoms with E-state index < -0.39 is 0 Å². The number of thiophene rings is 1. The molecule has 2 aliphatic rings. The molecule has 0 N–H and O–H groups in total. The molecule has 3 heterocycles. The fourth-order valence-corrected chi connectivity index (χ4v) is 6.11. The molecule has 3 aromatic rings. The highest BCUT2D eigenvalue weighted by molar-refractivity contribution is 7.18. The van der Waals surface area contributed by atoms with Crippen LogP contribution in [0.3, 0.4) is 0 Å². The summed E-state index contributed by atoms with van der Waals surface area (Å²) in [6.45, 7) is 6.04. The summed E-state index contributed by atoms with van der Waals surface area (Å²) in [4.78, 5) is 29.1. The van der Waals surface area contributed by atoms with Gasteiger partial charge >= 0.3 is 0 Å². The van der Waals surface area contributed by atoms with Gasteiger partial charge in [-0.25, -0.2) is 9.97 Å². The van der Waals surface area contributed by atoms with Crippen molar-refractivity contribution in [2.45, 2.75) is 45.6 Å². The van der Waals surface area contributed by atoms with Gasteiger partial charge in [0.05, 0.1) is 11.4 Å². The van der Waals surface area contributed by atoms with Crippen LogP contribution in [0.4, 0.5) is 5.82 Å². The van der Waals surface area contributed by atoms with E-state index in [1.165, 1.54) is 27.0 Å².